The van der Waals surface area contributed by atoms with Crippen LogP contribution in [0.15, 0.2) is 206 Å². The van der Waals surface area contributed by atoms with E-state index in [9.17, 15) is 0 Å². The average molecular weight is 972 g/mol. The molecule has 9 aromatic rings. The molecule has 0 aromatic heterocycles. The SMILES string of the molecule is CC(C)(C)c1ccc(-c2ccc(N3c4ccc(-c5ccc(C(C)(C)C)cc5)cc4B4c5ccc(N6C7CC8CC(C7)CC6C8)cc5N(c5ccc(-c6ccccc6)cc5)c5cc(-c6ccccc6)cc3c54)cc2)cc1. The van der Waals surface area contributed by atoms with Gasteiger partial charge in [-0.05, 0) is 181 Å². The highest BCUT2D eigenvalue weighted by Gasteiger charge is 2.48. The van der Waals surface area contributed by atoms with Gasteiger partial charge in [0.1, 0.15) is 0 Å². The summed E-state index contributed by atoms with van der Waals surface area (Å²) < 4.78 is 0. The van der Waals surface area contributed by atoms with E-state index in [1.807, 2.05) is 0 Å². The lowest BCUT2D eigenvalue weighted by Crippen LogP contribution is -2.61. The molecule has 2 aliphatic carbocycles. The first-order valence-electron chi connectivity index (χ1n) is 27.8. The van der Waals surface area contributed by atoms with E-state index >= 15 is 0 Å². The van der Waals surface area contributed by atoms with Gasteiger partial charge in [0.25, 0.3) is 6.71 Å². The molecule has 4 bridgehead atoms. The third-order valence-corrected chi connectivity index (χ3v) is 17.9. The van der Waals surface area contributed by atoms with Gasteiger partial charge < -0.3 is 14.7 Å². The number of hydrogen-bond donors (Lipinski definition) is 0. The maximum atomic E-state index is 2.88. The smallest absolute Gasteiger partial charge is 0.252 e. The molecule has 0 amide bonds. The van der Waals surface area contributed by atoms with Crippen molar-refractivity contribution in [2.24, 2.45) is 11.8 Å². The van der Waals surface area contributed by atoms with Crippen molar-refractivity contribution in [2.75, 3.05) is 14.7 Å². The van der Waals surface area contributed by atoms with E-state index in [0.29, 0.717) is 12.1 Å². The van der Waals surface area contributed by atoms with Crippen LogP contribution in [0.2, 0.25) is 0 Å². The predicted octanol–water partition coefficient (Wildman–Crippen LogP) is 16.8. The Hall–Kier alpha value is -7.56. The van der Waals surface area contributed by atoms with Crippen LogP contribution in [-0.2, 0) is 10.8 Å². The van der Waals surface area contributed by atoms with Crippen molar-refractivity contribution >= 4 is 62.9 Å². The van der Waals surface area contributed by atoms with Crippen molar-refractivity contribution in [1.29, 1.82) is 0 Å². The normalized spacial score (nSPS) is 19.2. The predicted molar refractivity (Wildman–Crippen MR) is 320 cm³/mol. The van der Waals surface area contributed by atoms with Gasteiger partial charge in [0, 0.05) is 51.9 Å². The molecule has 6 aliphatic rings. The second kappa shape index (κ2) is 17.5. The molecule has 75 heavy (non-hydrogen) atoms. The van der Waals surface area contributed by atoms with Crippen LogP contribution in [0.5, 0.6) is 0 Å². The number of nitrogens with zero attached hydrogens (tertiary/aromatic N) is 3. The molecule has 4 fully saturated rings. The molecule has 15 rings (SSSR count). The largest absolute Gasteiger partial charge is 0.365 e. The standard InChI is InChI=1S/C71H66BN3/c1-70(2,3)56-26-17-50(18-27-56)52-23-30-58(31-24-52)74-65-36-25-54(53-19-28-57(29-20-53)71(4,5)6)42-64(65)72-63-35-34-60(73-61-38-46-37-47(40-61)41-62(73)39-46)45-66(63)75(59-32-21-51(22-33-59)48-13-9-7-10-14-48)68-44-55(43-67(74)69(68)72)49-15-11-8-12-16-49/h7-36,42-47,61-62H,37-41H2,1-6H3. The summed E-state index contributed by atoms with van der Waals surface area (Å²) in [5, 5.41) is 0. The van der Waals surface area contributed by atoms with Crippen LogP contribution in [0.3, 0.4) is 0 Å². The second-order valence-electron chi connectivity index (χ2n) is 24.7. The Morgan fingerprint density at radius 3 is 1.24 bits per heavy atom. The van der Waals surface area contributed by atoms with Gasteiger partial charge in [-0.2, -0.15) is 0 Å². The molecule has 0 atom stereocenters. The van der Waals surface area contributed by atoms with Crippen molar-refractivity contribution in [2.45, 2.75) is 96.6 Å². The van der Waals surface area contributed by atoms with Crippen molar-refractivity contribution < 1.29 is 0 Å². The van der Waals surface area contributed by atoms with E-state index in [0.717, 1.165) is 17.5 Å². The number of benzene rings is 9. The average Bonchev–Trinajstić information content (AvgIpc) is 3.53. The van der Waals surface area contributed by atoms with Crippen LogP contribution >= 0.6 is 0 Å². The lowest BCUT2D eigenvalue weighted by molar-refractivity contribution is 0.0900. The molecule has 2 saturated heterocycles. The molecule has 0 radical (unpaired) electrons. The molecule has 4 heterocycles. The lowest BCUT2D eigenvalue weighted by Gasteiger charge is -2.57. The molecule has 4 aliphatic heterocycles. The summed E-state index contributed by atoms with van der Waals surface area (Å²) in [5.74, 6) is 1.78. The van der Waals surface area contributed by atoms with Crippen LogP contribution in [-0.4, -0.2) is 18.8 Å². The van der Waals surface area contributed by atoms with Crippen LogP contribution < -0.4 is 31.1 Å². The van der Waals surface area contributed by atoms with Gasteiger partial charge in [-0.3, -0.25) is 0 Å². The lowest BCUT2D eigenvalue weighted by atomic mass is 9.33. The molecular formula is C71H66BN3. The van der Waals surface area contributed by atoms with Gasteiger partial charge >= 0.3 is 0 Å². The molecule has 3 nitrogen and oxygen atoms in total. The van der Waals surface area contributed by atoms with Gasteiger partial charge in [0.05, 0.1) is 0 Å². The highest BCUT2D eigenvalue weighted by atomic mass is 15.2. The minimum atomic E-state index is -0.0159. The Morgan fingerprint density at radius 2 is 0.747 bits per heavy atom. The second-order valence-corrected chi connectivity index (χ2v) is 24.7. The van der Waals surface area contributed by atoms with Crippen LogP contribution in [0.1, 0.15) is 84.8 Å². The van der Waals surface area contributed by atoms with Gasteiger partial charge in [0.2, 0.25) is 0 Å². The molecule has 4 heteroatoms. The van der Waals surface area contributed by atoms with E-state index in [2.05, 4.69) is 262 Å². The zero-order valence-electron chi connectivity index (χ0n) is 44.4. The summed E-state index contributed by atoms with van der Waals surface area (Å²) in [4.78, 5) is 8.09. The maximum Gasteiger partial charge on any atom is 0.252 e. The van der Waals surface area contributed by atoms with Crippen LogP contribution in [0, 0.1) is 11.8 Å². The Morgan fingerprint density at radius 1 is 0.333 bits per heavy atom. The first kappa shape index (κ1) is 46.0. The molecule has 368 valence electrons. The fourth-order valence-corrected chi connectivity index (χ4v) is 14.2. The number of fused-ring (bicyclic) bond motifs is 4. The van der Waals surface area contributed by atoms with Gasteiger partial charge in [-0.25, -0.2) is 0 Å². The van der Waals surface area contributed by atoms with Gasteiger partial charge in [-0.15, -0.1) is 0 Å². The molecule has 0 spiro atoms. The van der Waals surface area contributed by atoms with Crippen molar-refractivity contribution in [1.82, 2.24) is 0 Å². The molecule has 2 saturated carbocycles. The number of piperidine rings is 2. The highest BCUT2D eigenvalue weighted by Crippen LogP contribution is 2.53. The fourth-order valence-electron chi connectivity index (χ4n) is 14.2. The van der Waals surface area contributed by atoms with E-state index in [-0.39, 0.29) is 17.5 Å². The summed E-state index contributed by atoms with van der Waals surface area (Å²) in [6, 6.07) is 80.3. The van der Waals surface area contributed by atoms with E-state index < -0.39 is 0 Å². The van der Waals surface area contributed by atoms with Crippen LogP contribution in [0.25, 0.3) is 44.5 Å². The fraction of sp³-hybridized carbons (Fsp3) is 0.239. The van der Waals surface area contributed by atoms with Crippen LogP contribution in [0.4, 0.5) is 39.8 Å². The number of rotatable bonds is 7. The van der Waals surface area contributed by atoms with Crippen molar-refractivity contribution in [3.8, 4) is 44.5 Å². The monoisotopic (exact) mass is 972 g/mol. The Balaban J connectivity index is 1.00. The maximum absolute atomic E-state index is 2.88. The first-order valence-corrected chi connectivity index (χ1v) is 27.8. The minimum absolute atomic E-state index is 0.0159. The zero-order chi connectivity index (χ0) is 50.7. The summed E-state index contributed by atoms with van der Waals surface area (Å²) in [6.07, 6.45) is 6.76. The van der Waals surface area contributed by atoms with Crippen molar-refractivity contribution in [3.05, 3.63) is 217 Å². The quantitative estimate of drug-likeness (QED) is 0.147. The van der Waals surface area contributed by atoms with E-state index in [4.69, 9.17) is 0 Å². The van der Waals surface area contributed by atoms with Gasteiger partial charge in [-0.1, -0.05) is 193 Å². The minimum Gasteiger partial charge on any atom is -0.365 e. The Kier molecular flexibility index (Phi) is 10.7. The molecular weight excluding hydrogens is 906 g/mol. The molecule has 9 aromatic carbocycles. The number of hydrogen-bond acceptors (Lipinski definition) is 3. The van der Waals surface area contributed by atoms with E-state index in [1.165, 1.54) is 138 Å². The highest BCUT2D eigenvalue weighted by molar-refractivity contribution is 7.00. The Labute approximate surface area is 445 Å². The summed E-state index contributed by atoms with van der Waals surface area (Å²) in [6.45, 7) is 13.7. The summed E-state index contributed by atoms with van der Waals surface area (Å²) in [7, 11) is 0. The summed E-state index contributed by atoms with van der Waals surface area (Å²) in [5.41, 5.74) is 25.4. The Bertz CT molecular complexity index is 3580. The van der Waals surface area contributed by atoms with Crippen molar-refractivity contribution in [3.63, 3.8) is 0 Å². The zero-order valence-corrected chi connectivity index (χ0v) is 44.4. The van der Waals surface area contributed by atoms with E-state index in [1.54, 1.807) is 0 Å². The topological polar surface area (TPSA) is 9.72 Å². The molecule has 0 unspecified atom stereocenters. The summed E-state index contributed by atoms with van der Waals surface area (Å²) >= 11 is 0. The third-order valence-electron chi connectivity index (χ3n) is 17.9. The van der Waals surface area contributed by atoms with Gasteiger partial charge in [0.15, 0.2) is 0 Å². The number of anilines is 7. The first-order chi connectivity index (χ1) is 36.4. The molecule has 0 N–H and O–H groups in total. The third kappa shape index (κ3) is 7.94.